The van der Waals surface area contributed by atoms with Crippen molar-refractivity contribution in [1.29, 1.82) is 0 Å². The minimum Gasteiger partial charge on any atom is -0.370 e. The fourth-order valence-corrected chi connectivity index (χ4v) is 2.29. The van der Waals surface area contributed by atoms with E-state index in [4.69, 9.17) is 5.73 Å². The molecule has 0 amide bonds. The summed E-state index contributed by atoms with van der Waals surface area (Å²) in [5.74, 6) is 0.447. The summed E-state index contributed by atoms with van der Waals surface area (Å²) in [5, 5.41) is 3.12. The van der Waals surface area contributed by atoms with Crippen LogP contribution in [0.25, 0.3) is 0 Å². The molecule has 0 aromatic heterocycles. The van der Waals surface area contributed by atoms with E-state index >= 15 is 0 Å². The minimum absolute atomic E-state index is 0.192. The van der Waals surface area contributed by atoms with E-state index in [1.54, 1.807) is 0 Å². The third-order valence-corrected chi connectivity index (χ3v) is 2.71. The Balaban J connectivity index is 2.98. The summed E-state index contributed by atoms with van der Waals surface area (Å²) >= 11 is 3.52. The van der Waals surface area contributed by atoms with Gasteiger partial charge in [0.2, 0.25) is 0 Å². The van der Waals surface area contributed by atoms with Gasteiger partial charge in [-0.1, -0.05) is 6.07 Å². The predicted octanol–water partition coefficient (Wildman–Crippen LogP) is 3.20. The molecular weight excluding hydrogens is 266 g/mol. The lowest BCUT2D eigenvalue weighted by molar-refractivity contribution is 0.833. The molecule has 16 heavy (non-hydrogen) atoms. The van der Waals surface area contributed by atoms with Crippen LogP contribution in [-0.4, -0.2) is 12.0 Å². The normalized spacial score (nSPS) is 12.0. The van der Waals surface area contributed by atoms with E-state index in [-0.39, 0.29) is 6.04 Å². The van der Waals surface area contributed by atoms with E-state index in [0.717, 1.165) is 15.7 Å². The van der Waals surface area contributed by atoms with Crippen LogP contribution in [0.1, 0.15) is 25.0 Å². The van der Waals surface area contributed by atoms with E-state index in [2.05, 4.69) is 45.3 Å². The number of aliphatic imine (C=N–C) groups is 1. The average molecular weight is 284 g/mol. The van der Waals surface area contributed by atoms with Crippen molar-refractivity contribution in [2.45, 2.75) is 33.7 Å². The molecule has 3 N–H and O–H groups in total. The standard InChI is InChI=1S/C12H18BrN3/c1-7(2)15-12(14)16-11-9(4)5-8(3)6-10(11)13/h5-7H,1-4H3,(H3,14,15,16). The summed E-state index contributed by atoms with van der Waals surface area (Å²) in [6.45, 7) is 8.09. The quantitative estimate of drug-likeness (QED) is 0.647. The Morgan fingerprint density at radius 2 is 2.00 bits per heavy atom. The van der Waals surface area contributed by atoms with Crippen molar-refractivity contribution in [2.24, 2.45) is 10.7 Å². The first kappa shape index (κ1) is 13.0. The van der Waals surface area contributed by atoms with Gasteiger partial charge in [-0.2, -0.15) is 0 Å². The lowest BCUT2D eigenvalue weighted by atomic mass is 10.1. The predicted molar refractivity (Wildman–Crippen MR) is 74.0 cm³/mol. The molecule has 0 saturated carbocycles. The number of anilines is 1. The second-order valence-electron chi connectivity index (χ2n) is 4.17. The van der Waals surface area contributed by atoms with Crippen LogP contribution < -0.4 is 11.1 Å². The second-order valence-corrected chi connectivity index (χ2v) is 5.03. The number of rotatable bonds is 2. The molecule has 0 aliphatic carbocycles. The minimum atomic E-state index is 0.192. The fraction of sp³-hybridized carbons (Fsp3) is 0.417. The fourth-order valence-electron chi connectivity index (χ4n) is 1.51. The first-order valence-electron chi connectivity index (χ1n) is 5.27. The van der Waals surface area contributed by atoms with Gasteiger partial charge in [-0.3, -0.25) is 4.99 Å². The van der Waals surface area contributed by atoms with Gasteiger partial charge in [0.05, 0.1) is 5.69 Å². The maximum atomic E-state index is 5.80. The monoisotopic (exact) mass is 283 g/mol. The first-order valence-corrected chi connectivity index (χ1v) is 6.06. The summed E-state index contributed by atoms with van der Waals surface area (Å²) in [7, 11) is 0. The lowest BCUT2D eigenvalue weighted by Crippen LogP contribution is -2.24. The molecule has 0 unspecified atom stereocenters. The van der Waals surface area contributed by atoms with E-state index < -0.39 is 0 Å². The Kier molecular flexibility index (Phi) is 4.35. The van der Waals surface area contributed by atoms with Crippen LogP contribution in [0.4, 0.5) is 5.69 Å². The number of hydrogen-bond donors (Lipinski definition) is 2. The largest absolute Gasteiger partial charge is 0.370 e. The molecule has 0 fully saturated rings. The molecule has 1 aromatic rings. The molecule has 0 radical (unpaired) electrons. The van der Waals surface area contributed by atoms with Crippen molar-refractivity contribution in [3.8, 4) is 0 Å². The molecule has 4 heteroatoms. The highest BCUT2D eigenvalue weighted by atomic mass is 79.9. The molecule has 0 atom stereocenters. The van der Waals surface area contributed by atoms with E-state index in [9.17, 15) is 0 Å². The molecule has 0 heterocycles. The maximum absolute atomic E-state index is 5.80. The van der Waals surface area contributed by atoms with Gasteiger partial charge in [-0.15, -0.1) is 0 Å². The van der Waals surface area contributed by atoms with Gasteiger partial charge in [0.25, 0.3) is 0 Å². The molecule has 1 rings (SSSR count). The van der Waals surface area contributed by atoms with Crippen LogP contribution >= 0.6 is 15.9 Å². The van der Waals surface area contributed by atoms with Crippen molar-refractivity contribution in [3.05, 3.63) is 27.7 Å². The van der Waals surface area contributed by atoms with Gasteiger partial charge in [0, 0.05) is 10.5 Å². The third-order valence-electron chi connectivity index (χ3n) is 2.08. The SMILES string of the molecule is Cc1cc(C)c(NC(N)=NC(C)C)c(Br)c1. The smallest absolute Gasteiger partial charge is 0.193 e. The summed E-state index contributed by atoms with van der Waals surface area (Å²) in [4.78, 5) is 4.24. The highest BCUT2D eigenvalue weighted by Crippen LogP contribution is 2.27. The van der Waals surface area contributed by atoms with Crippen LogP contribution in [0, 0.1) is 13.8 Å². The second kappa shape index (κ2) is 5.34. The zero-order chi connectivity index (χ0) is 12.3. The maximum Gasteiger partial charge on any atom is 0.193 e. The van der Waals surface area contributed by atoms with Crippen LogP contribution in [-0.2, 0) is 0 Å². The van der Waals surface area contributed by atoms with Crippen LogP contribution in [0.2, 0.25) is 0 Å². The number of aryl methyl sites for hydroxylation is 2. The molecule has 1 aromatic carbocycles. The van der Waals surface area contributed by atoms with Crippen molar-refractivity contribution >= 4 is 27.6 Å². The zero-order valence-electron chi connectivity index (χ0n) is 10.1. The Morgan fingerprint density at radius 3 is 2.50 bits per heavy atom. The van der Waals surface area contributed by atoms with Gasteiger partial charge in [-0.05, 0) is 60.8 Å². The molecule has 88 valence electrons. The third kappa shape index (κ3) is 3.52. The van der Waals surface area contributed by atoms with E-state index in [1.165, 1.54) is 5.56 Å². The van der Waals surface area contributed by atoms with Crippen molar-refractivity contribution in [2.75, 3.05) is 5.32 Å². The van der Waals surface area contributed by atoms with E-state index in [0.29, 0.717) is 5.96 Å². The van der Waals surface area contributed by atoms with Gasteiger partial charge in [-0.25, -0.2) is 0 Å². The molecule has 3 nitrogen and oxygen atoms in total. The Bertz CT molecular complexity index is 388. The number of hydrogen-bond acceptors (Lipinski definition) is 1. The number of nitrogens with two attached hydrogens (primary N) is 1. The highest BCUT2D eigenvalue weighted by molar-refractivity contribution is 9.10. The van der Waals surface area contributed by atoms with Crippen LogP contribution in [0.5, 0.6) is 0 Å². The number of halogens is 1. The van der Waals surface area contributed by atoms with E-state index in [1.807, 2.05) is 20.8 Å². The number of nitrogens with zero attached hydrogens (tertiary/aromatic N) is 1. The van der Waals surface area contributed by atoms with Crippen LogP contribution in [0.15, 0.2) is 21.6 Å². The lowest BCUT2D eigenvalue weighted by Gasteiger charge is -2.12. The van der Waals surface area contributed by atoms with Crippen molar-refractivity contribution in [1.82, 2.24) is 0 Å². The van der Waals surface area contributed by atoms with Crippen LogP contribution in [0.3, 0.4) is 0 Å². The molecule has 0 spiro atoms. The molecule has 0 bridgehead atoms. The molecule has 0 aliphatic rings. The van der Waals surface area contributed by atoms with Gasteiger partial charge in [0.1, 0.15) is 0 Å². The van der Waals surface area contributed by atoms with Gasteiger partial charge < -0.3 is 11.1 Å². The van der Waals surface area contributed by atoms with Crippen molar-refractivity contribution in [3.63, 3.8) is 0 Å². The van der Waals surface area contributed by atoms with Gasteiger partial charge in [0.15, 0.2) is 5.96 Å². The Hall–Kier alpha value is -1.03. The summed E-state index contributed by atoms with van der Waals surface area (Å²) < 4.78 is 1.01. The Labute approximate surface area is 105 Å². The number of nitrogens with one attached hydrogen (secondary N) is 1. The summed E-state index contributed by atoms with van der Waals surface area (Å²) in [6.07, 6.45) is 0. The molecular formula is C12H18BrN3. The zero-order valence-corrected chi connectivity index (χ0v) is 11.7. The molecule has 0 saturated heterocycles. The molecule has 0 aliphatic heterocycles. The first-order chi connectivity index (χ1) is 7.40. The average Bonchev–Trinajstić information content (AvgIpc) is 2.09. The van der Waals surface area contributed by atoms with Crippen molar-refractivity contribution < 1.29 is 0 Å². The Morgan fingerprint density at radius 1 is 1.38 bits per heavy atom. The number of benzene rings is 1. The summed E-state index contributed by atoms with van der Waals surface area (Å²) in [6, 6.07) is 4.35. The summed E-state index contributed by atoms with van der Waals surface area (Å²) in [5.41, 5.74) is 9.14. The topological polar surface area (TPSA) is 50.4 Å². The van der Waals surface area contributed by atoms with Gasteiger partial charge >= 0.3 is 0 Å². The highest BCUT2D eigenvalue weighted by Gasteiger charge is 2.06. The number of guanidine groups is 1.